The van der Waals surface area contributed by atoms with Crippen molar-refractivity contribution in [3.8, 4) is 0 Å². The van der Waals surface area contributed by atoms with Crippen LogP contribution in [0, 0.1) is 6.92 Å². The topological polar surface area (TPSA) is 130 Å². The number of carbonyl (C=O) groups excluding carboxylic acids is 2. The Bertz CT molecular complexity index is 1340. The first-order valence-corrected chi connectivity index (χ1v) is 12.3. The Morgan fingerprint density at radius 3 is 2.68 bits per heavy atom. The number of hydrogen-bond donors (Lipinski definition) is 2. The lowest BCUT2D eigenvalue weighted by Gasteiger charge is -2.16. The zero-order valence-electron chi connectivity index (χ0n) is 19.2. The third-order valence-corrected chi connectivity index (χ3v) is 6.08. The SMILES string of the molecule is CCS(=O)(=O)O.Cc1c(CN(C)C(=O)/C=C/c2cnc3c(c2)CCC(=O)N3)oc2ccccc12. The van der Waals surface area contributed by atoms with Gasteiger partial charge in [0.1, 0.15) is 17.2 Å². The number of nitrogens with zero attached hydrogens (tertiary/aromatic N) is 2. The molecule has 1 aliphatic rings. The molecular weight excluding hydrogens is 458 g/mol. The van der Waals surface area contributed by atoms with Gasteiger partial charge in [0.2, 0.25) is 11.8 Å². The summed E-state index contributed by atoms with van der Waals surface area (Å²) < 4.78 is 32.8. The van der Waals surface area contributed by atoms with Gasteiger partial charge in [0.15, 0.2) is 0 Å². The summed E-state index contributed by atoms with van der Waals surface area (Å²) in [6.45, 7) is 3.78. The van der Waals surface area contributed by atoms with E-state index in [1.807, 2.05) is 37.3 Å². The van der Waals surface area contributed by atoms with Gasteiger partial charge in [-0.2, -0.15) is 8.42 Å². The van der Waals surface area contributed by atoms with Crippen LogP contribution in [0.3, 0.4) is 0 Å². The van der Waals surface area contributed by atoms with Crippen LogP contribution in [-0.2, 0) is 32.7 Å². The molecule has 1 aromatic carbocycles. The van der Waals surface area contributed by atoms with Gasteiger partial charge >= 0.3 is 0 Å². The van der Waals surface area contributed by atoms with Crippen molar-refractivity contribution in [3.05, 3.63) is 65.1 Å². The first-order valence-electron chi connectivity index (χ1n) is 10.7. The van der Waals surface area contributed by atoms with Gasteiger partial charge in [-0.05, 0) is 49.6 Å². The van der Waals surface area contributed by atoms with E-state index in [1.54, 1.807) is 24.2 Å². The lowest BCUT2D eigenvalue weighted by atomic mass is 10.0. The van der Waals surface area contributed by atoms with Gasteiger partial charge in [-0.1, -0.05) is 18.2 Å². The highest BCUT2D eigenvalue weighted by Crippen LogP contribution is 2.26. The minimum absolute atomic E-state index is 0.0130. The highest BCUT2D eigenvalue weighted by molar-refractivity contribution is 7.85. The Morgan fingerprint density at radius 1 is 1.29 bits per heavy atom. The number of rotatable bonds is 5. The fourth-order valence-electron chi connectivity index (χ4n) is 3.33. The highest BCUT2D eigenvalue weighted by Gasteiger charge is 2.16. The van der Waals surface area contributed by atoms with E-state index in [2.05, 4.69) is 10.3 Å². The third-order valence-electron chi connectivity index (χ3n) is 5.35. The van der Waals surface area contributed by atoms with Crippen LogP contribution in [0.2, 0.25) is 0 Å². The summed E-state index contributed by atoms with van der Waals surface area (Å²) in [5.74, 6) is 1.06. The normalized spacial score (nSPS) is 13.2. The van der Waals surface area contributed by atoms with Crippen molar-refractivity contribution in [2.24, 2.45) is 0 Å². The molecule has 0 aliphatic carbocycles. The number of para-hydroxylation sites is 1. The molecule has 9 nitrogen and oxygen atoms in total. The number of fused-ring (bicyclic) bond motifs is 2. The molecule has 10 heteroatoms. The van der Waals surface area contributed by atoms with Crippen LogP contribution in [0.1, 0.15) is 35.8 Å². The van der Waals surface area contributed by atoms with Gasteiger partial charge in [-0.25, -0.2) is 4.98 Å². The first-order chi connectivity index (χ1) is 16.1. The molecule has 180 valence electrons. The van der Waals surface area contributed by atoms with Crippen LogP contribution in [0.5, 0.6) is 0 Å². The Hall–Kier alpha value is -3.50. The Balaban J connectivity index is 0.000000481. The van der Waals surface area contributed by atoms with Crippen molar-refractivity contribution in [3.63, 3.8) is 0 Å². The average Bonchev–Trinajstić information content (AvgIpc) is 3.12. The van der Waals surface area contributed by atoms with Crippen LogP contribution in [0.25, 0.3) is 17.0 Å². The number of amides is 2. The van der Waals surface area contributed by atoms with Gasteiger partial charge in [0.05, 0.1) is 12.3 Å². The number of furan rings is 1. The molecule has 0 unspecified atom stereocenters. The number of aromatic nitrogens is 1. The van der Waals surface area contributed by atoms with Gasteiger partial charge in [-0.3, -0.25) is 14.1 Å². The Kier molecular flexibility index (Phi) is 7.85. The number of aryl methyl sites for hydroxylation is 2. The van der Waals surface area contributed by atoms with Crippen LogP contribution in [0.15, 0.2) is 47.0 Å². The Labute approximate surface area is 198 Å². The van der Waals surface area contributed by atoms with Crippen LogP contribution >= 0.6 is 0 Å². The molecule has 3 heterocycles. The fourth-order valence-corrected chi connectivity index (χ4v) is 3.33. The molecule has 2 amide bonds. The predicted molar refractivity (Wildman–Crippen MR) is 130 cm³/mol. The van der Waals surface area contributed by atoms with E-state index in [0.717, 1.165) is 33.4 Å². The second-order valence-electron chi connectivity index (χ2n) is 7.87. The summed E-state index contributed by atoms with van der Waals surface area (Å²) in [5, 5.41) is 3.82. The number of anilines is 1. The second-order valence-corrected chi connectivity index (χ2v) is 9.61. The van der Waals surface area contributed by atoms with Crippen molar-refractivity contribution in [2.75, 3.05) is 18.1 Å². The number of pyridine rings is 1. The van der Waals surface area contributed by atoms with Crippen molar-refractivity contribution < 1.29 is 27.0 Å². The first kappa shape index (κ1) is 25.1. The molecule has 34 heavy (non-hydrogen) atoms. The van der Waals surface area contributed by atoms with Crippen LogP contribution in [-0.4, -0.2) is 47.5 Å². The van der Waals surface area contributed by atoms with E-state index in [4.69, 9.17) is 8.97 Å². The molecule has 0 saturated carbocycles. The molecule has 0 atom stereocenters. The lowest BCUT2D eigenvalue weighted by molar-refractivity contribution is -0.125. The molecule has 2 aromatic heterocycles. The van der Waals surface area contributed by atoms with E-state index in [0.29, 0.717) is 25.2 Å². The monoisotopic (exact) mass is 485 g/mol. The van der Waals surface area contributed by atoms with E-state index < -0.39 is 10.1 Å². The maximum atomic E-state index is 12.5. The quantitative estimate of drug-likeness (QED) is 0.417. The fraction of sp³-hybridized carbons (Fsp3) is 0.292. The lowest BCUT2D eigenvalue weighted by Crippen LogP contribution is -2.24. The summed E-state index contributed by atoms with van der Waals surface area (Å²) in [6, 6.07) is 9.81. The van der Waals surface area contributed by atoms with Gasteiger partial charge < -0.3 is 14.6 Å². The largest absolute Gasteiger partial charge is 0.459 e. The van der Waals surface area contributed by atoms with E-state index in [-0.39, 0.29) is 17.6 Å². The minimum Gasteiger partial charge on any atom is -0.459 e. The standard InChI is InChI=1S/C22H21N3O3.C2H6O3S/c1-14-17-5-3-4-6-18(17)28-19(14)13-25(2)21(27)10-7-15-11-16-8-9-20(26)24-22(16)23-12-15;1-2-6(3,4)5/h3-7,10-12H,8-9,13H2,1-2H3,(H,23,24,26);2H2,1H3,(H,3,4,5)/b10-7+;. The second kappa shape index (κ2) is 10.6. The molecule has 0 radical (unpaired) electrons. The van der Waals surface area contributed by atoms with Gasteiger partial charge in [0.25, 0.3) is 10.1 Å². The molecule has 0 bridgehead atoms. The summed E-state index contributed by atoms with van der Waals surface area (Å²) in [5.41, 5.74) is 3.70. The number of benzene rings is 1. The molecule has 2 N–H and O–H groups in total. The summed E-state index contributed by atoms with van der Waals surface area (Å²) in [7, 11) is -1.91. The van der Waals surface area contributed by atoms with E-state index >= 15 is 0 Å². The predicted octanol–water partition coefficient (Wildman–Crippen LogP) is 3.59. The van der Waals surface area contributed by atoms with Gasteiger partial charge in [-0.15, -0.1) is 0 Å². The molecule has 1 aliphatic heterocycles. The van der Waals surface area contributed by atoms with Crippen LogP contribution < -0.4 is 5.32 Å². The van der Waals surface area contributed by atoms with Crippen molar-refractivity contribution in [2.45, 2.75) is 33.2 Å². The number of nitrogens with one attached hydrogen (secondary N) is 1. The zero-order valence-corrected chi connectivity index (χ0v) is 20.1. The molecule has 0 saturated heterocycles. The highest BCUT2D eigenvalue weighted by atomic mass is 32.2. The number of carbonyl (C=O) groups is 2. The smallest absolute Gasteiger partial charge is 0.264 e. The molecular formula is C24H27N3O6S. The average molecular weight is 486 g/mol. The summed E-state index contributed by atoms with van der Waals surface area (Å²) >= 11 is 0. The maximum absolute atomic E-state index is 12.5. The summed E-state index contributed by atoms with van der Waals surface area (Å²) in [4.78, 5) is 29.8. The summed E-state index contributed by atoms with van der Waals surface area (Å²) in [6.07, 6.45) is 6.05. The number of likely N-dealkylation sites (N-methyl/N-ethyl adjacent to an activating group) is 1. The van der Waals surface area contributed by atoms with Crippen LogP contribution in [0.4, 0.5) is 5.82 Å². The molecule has 3 aromatic rings. The zero-order chi connectivity index (χ0) is 24.9. The molecule has 0 fully saturated rings. The minimum atomic E-state index is -3.66. The maximum Gasteiger partial charge on any atom is 0.264 e. The van der Waals surface area contributed by atoms with Gasteiger partial charge in [0, 0.05) is 36.7 Å². The Morgan fingerprint density at radius 2 is 2.00 bits per heavy atom. The van der Waals surface area contributed by atoms with Crippen molar-refractivity contribution in [1.29, 1.82) is 0 Å². The van der Waals surface area contributed by atoms with Crippen molar-refractivity contribution >= 4 is 44.8 Å². The van der Waals surface area contributed by atoms with E-state index in [1.165, 1.54) is 13.0 Å². The third kappa shape index (κ3) is 6.52. The molecule has 0 spiro atoms. The number of hydrogen-bond acceptors (Lipinski definition) is 6. The van der Waals surface area contributed by atoms with Crippen molar-refractivity contribution in [1.82, 2.24) is 9.88 Å². The molecule has 4 rings (SSSR count). The van der Waals surface area contributed by atoms with E-state index in [9.17, 15) is 18.0 Å².